The Bertz CT molecular complexity index is 445. The molecular weight excluding hydrogens is 290 g/mol. The molecule has 0 heterocycles. The molecule has 0 aliphatic carbocycles. The lowest BCUT2D eigenvalue weighted by Crippen LogP contribution is -2.42. The number of rotatable bonds is 4. The number of hydrogen-bond donors (Lipinski definition) is 1. The zero-order chi connectivity index (χ0) is 15.7. The van der Waals surface area contributed by atoms with Crippen molar-refractivity contribution in [3.63, 3.8) is 0 Å². The maximum atomic E-state index is 12.4. The van der Waals surface area contributed by atoms with Gasteiger partial charge >= 0.3 is 0 Å². The first-order valence-corrected chi connectivity index (χ1v) is 8.51. The summed E-state index contributed by atoms with van der Waals surface area (Å²) in [5.74, 6) is 0.348. The highest BCUT2D eigenvalue weighted by molar-refractivity contribution is 7.90. The quantitative estimate of drug-likeness (QED) is 0.817. The summed E-state index contributed by atoms with van der Waals surface area (Å²) in [6.07, 6.45) is 0. The Balaban J connectivity index is 3.09. The average molecular weight is 316 g/mol. The zero-order valence-electron chi connectivity index (χ0n) is 13.5. The Hall–Kier alpha value is -0.220. The summed E-state index contributed by atoms with van der Waals surface area (Å²) in [6.45, 7) is 14.2. The van der Waals surface area contributed by atoms with E-state index in [4.69, 9.17) is 11.6 Å². The van der Waals surface area contributed by atoms with Gasteiger partial charge in [0.2, 0.25) is 0 Å². The lowest BCUT2D eigenvalue weighted by Gasteiger charge is -2.30. The molecule has 0 saturated heterocycles. The Morgan fingerprint density at radius 3 is 1.95 bits per heavy atom. The zero-order valence-corrected chi connectivity index (χ0v) is 15.1. The molecule has 1 aromatic carbocycles. The predicted molar refractivity (Wildman–Crippen MR) is 89.5 cm³/mol. The summed E-state index contributed by atoms with van der Waals surface area (Å²) in [5.41, 5.74) is 3.28. The third-order valence-corrected chi connectivity index (χ3v) is 5.45. The molecule has 0 fully saturated rings. The summed E-state index contributed by atoms with van der Waals surface area (Å²) in [4.78, 5) is 0. The molecule has 4 heteroatoms. The molecule has 0 aliphatic rings. The van der Waals surface area contributed by atoms with Gasteiger partial charge in [-0.2, -0.15) is 0 Å². The molecule has 1 N–H and O–H groups in total. The van der Waals surface area contributed by atoms with Crippen LogP contribution in [-0.2, 0) is 11.4 Å². The molecule has 0 saturated carbocycles. The first-order chi connectivity index (χ1) is 9.04. The van der Waals surface area contributed by atoms with Gasteiger partial charge in [0.15, 0.2) is 0 Å². The first-order valence-electron chi connectivity index (χ1n) is 6.98. The van der Waals surface area contributed by atoms with E-state index in [0.717, 1.165) is 21.7 Å². The first kappa shape index (κ1) is 17.8. The average Bonchev–Trinajstić information content (AvgIpc) is 2.30. The lowest BCUT2D eigenvalue weighted by molar-refractivity contribution is 0.452. The van der Waals surface area contributed by atoms with E-state index < -0.39 is 11.4 Å². The van der Waals surface area contributed by atoms with Crippen LogP contribution < -0.4 is 4.72 Å². The van der Waals surface area contributed by atoms with Gasteiger partial charge in [-0.05, 0) is 57.2 Å². The molecule has 0 aromatic heterocycles. The minimum Gasteiger partial charge on any atom is -0.598 e. The van der Waals surface area contributed by atoms with Crippen molar-refractivity contribution in [2.45, 2.75) is 59.3 Å². The van der Waals surface area contributed by atoms with Crippen LogP contribution in [0.2, 0.25) is 5.02 Å². The number of hydrogen-bond acceptors (Lipinski definition) is 2. The van der Waals surface area contributed by atoms with Crippen LogP contribution in [0.15, 0.2) is 12.1 Å². The third kappa shape index (κ3) is 4.39. The summed E-state index contributed by atoms with van der Waals surface area (Å²) >= 11 is 5.14. The number of halogens is 1. The van der Waals surface area contributed by atoms with E-state index in [2.05, 4.69) is 30.7 Å². The molecule has 1 rings (SSSR count). The van der Waals surface area contributed by atoms with Crippen LogP contribution in [-0.4, -0.2) is 9.30 Å². The second-order valence-corrected chi connectivity index (χ2v) is 9.07. The molecule has 1 unspecified atom stereocenters. The minimum absolute atomic E-state index is 0.0599. The van der Waals surface area contributed by atoms with Crippen LogP contribution in [0.25, 0.3) is 0 Å². The van der Waals surface area contributed by atoms with E-state index in [1.165, 1.54) is 0 Å². The molecule has 1 aromatic rings. The summed E-state index contributed by atoms with van der Waals surface area (Å²) < 4.78 is 15.4. The summed E-state index contributed by atoms with van der Waals surface area (Å²) in [5, 5.41) is 0.813. The van der Waals surface area contributed by atoms with Gasteiger partial charge in [-0.1, -0.05) is 37.6 Å². The van der Waals surface area contributed by atoms with Gasteiger partial charge in [-0.3, -0.25) is 0 Å². The van der Waals surface area contributed by atoms with Crippen molar-refractivity contribution in [3.8, 4) is 0 Å². The van der Waals surface area contributed by atoms with Gasteiger partial charge in [0.25, 0.3) is 0 Å². The Labute approximate surface area is 131 Å². The fourth-order valence-electron chi connectivity index (χ4n) is 2.04. The Morgan fingerprint density at radius 1 is 1.15 bits per heavy atom. The monoisotopic (exact) mass is 315 g/mol. The second kappa shape index (κ2) is 6.69. The van der Waals surface area contributed by atoms with Crippen LogP contribution in [0.3, 0.4) is 0 Å². The van der Waals surface area contributed by atoms with E-state index in [-0.39, 0.29) is 10.8 Å². The van der Waals surface area contributed by atoms with Crippen molar-refractivity contribution in [3.05, 3.63) is 33.8 Å². The van der Waals surface area contributed by atoms with Crippen LogP contribution in [0.4, 0.5) is 0 Å². The third-order valence-electron chi connectivity index (χ3n) is 3.27. The van der Waals surface area contributed by atoms with E-state index in [0.29, 0.717) is 5.92 Å². The molecule has 0 aliphatic heterocycles. The van der Waals surface area contributed by atoms with E-state index >= 15 is 0 Å². The molecule has 114 valence electrons. The topological polar surface area (TPSA) is 35.1 Å². The second-order valence-electron chi connectivity index (χ2n) is 6.69. The molecule has 2 nitrogen and oxygen atoms in total. The van der Waals surface area contributed by atoms with Crippen molar-refractivity contribution in [1.82, 2.24) is 4.72 Å². The van der Waals surface area contributed by atoms with Crippen LogP contribution >= 0.6 is 11.6 Å². The largest absolute Gasteiger partial charge is 0.598 e. The highest BCUT2D eigenvalue weighted by atomic mass is 35.5. The molecule has 0 spiro atoms. The maximum absolute atomic E-state index is 12.4. The molecular formula is C16H26ClNOS. The van der Waals surface area contributed by atoms with Crippen LogP contribution in [0.5, 0.6) is 0 Å². The molecule has 2 atom stereocenters. The van der Waals surface area contributed by atoms with E-state index in [1.807, 2.05) is 34.6 Å². The summed E-state index contributed by atoms with van der Waals surface area (Å²) in [7, 11) is 0. The van der Waals surface area contributed by atoms with Gasteiger partial charge in [0, 0.05) is 16.4 Å². The van der Waals surface area contributed by atoms with E-state index in [9.17, 15) is 4.55 Å². The van der Waals surface area contributed by atoms with Gasteiger partial charge < -0.3 is 4.55 Å². The van der Waals surface area contributed by atoms with Crippen LogP contribution in [0, 0.1) is 19.8 Å². The number of aryl methyl sites for hydroxylation is 2. The van der Waals surface area contributed by atoms with Crippen LogP contribution in [0.1, 0.15) is 57.4 Å². The highest BCUT2D eigenvalue weighted by Crippen LogP contribution is 2.30. The smallest absolute Gasteiger partial charge is 0.136 e. The van der Waals surface area contributed by atoms with Gasteiger partial charge in [-0.15, -0.1) is 4.72 Å². The predicted octanol–water partition coefficient (Wildman–Crippen LogP) is 4.71. The Morgan fingerprint density at radius 2 is 1.60 bits per heavy atom. The van der Waals surface area contributed by atoms with Crippen molar-refractivity contribution in [2.75, 3.05) is 0 Å². The van der Waals surface area contributed by atoms with Crippen molar-refractivity contribution in [1.29, 1.82) is 0 Å². The maximum Gasteiger partial charge on any atom is 0.136 e. The van der Waals surface area contributed by atoms with Crippen molar-refractivity contribution < 1.29 is 4.55 Å². The minimum atomic E-state index is -1.09. The standard InChI is InChI=1S/C16H26ClNOS/c1-10(2)15(18-20(19)16(5,6)7)13-8-11(3)14(17)12(4)9-13/h8-10,15,18H,1-7H3/t15-,20?/m1/s1. The molecule has 0 amide bonds. The van der Waals surface area contributed by atoms with Crippen molar-refractivity contribution in [2.24, 2.45) is 5.92 Å². The fraction of sp³-hybridized carbons (Fsp3) is 0.625. The summed E-state index contributed by atoms with van der Waals surface area (Å²) in [6, 6.07) is 4.24. The van der Waals surface area contributed by atoms with E-state index in [1.54, 1.807) is 0 Å². The molecule has 0 bridgehead atoms. The van der Waals surface area contributed by atoms with Gasteiger partial charge in [0.1, 0.15) is 4.75 Å². The highest BCUT2D eigenvalue weighted by Gasteiger charge is 2.31. The Kier molecular flexibility index (Phi) is 5.97. The normalized spacial score (nSPS) is 15.5. The number of nitrogens with one attached hydrogen (secondary N) is 1. The van der Waals surface area contributed by atoms with Gasteiger partial charge in [0.05, 0.1) is 6.04 Å². The number of benzene rings is 1. The van der Waals surface area contributed by atoms with Crippen molar-refractivity contribution >= 4 is 23.0 Å². The molecule has 0 radical (unpaired) electrons. The lowest BCUT2D eigenvalue weighted by atomic mass is 9.94. The SMILES string of the molecule is Cc1cc([C@H](N[S+]([O-])C(C)(C)C)C(C)C)cc(C)c1Cl. The molecule has 20 heavy (non-hydrogen) atoms. The fourth-order valence-corrected chi connectivity index (χ4v) is 3.14. The van der Waals surface area contributed by atoms with Gasteiger partial charge in [-0.25, -0.2) is 0 Å².